The number of carbonyl (C=O) groups excluding carboxylic acids is 1. The molecule has 35 heavy (non-hydrogen) atoms. The number of guanidine groups is 1. The van der Waals surface area contributed by atoms with Crippen molar-refractivity contribution in [1.29, 1.82) is 5.41 Å². The first-order valence-electron chi connectivity index (χ1n) is 12.0. The number of hydrogen-bond acceptors (Lipinski definition) is 3. The van der Waals surface area contributed by atoms with E-state index < -0.39 is 11.6 Å². The zero-order valence-electron chi connectivity index (χ0n) is 20.5. The Bertz CT molecular complexity index is 1340. The van der Waals surface area contributed by atoms with Crippen LogP contribution in [0.2, 0.25) is 0 Å². The molecule has 2 fully saturated rings. The first kappa shape index (κ1) is 23.0. The topological polar surface area (TPSA) is 65.2 Å². The summed E-state index contributed by atoms with van der Waals surface area (Å²) < 4.78 is 15.5. The molecule has 1 N–H and O–H groups in total. The fourth-order valence-electron chi connectivity index (χ4n) is 5.41. The lowest BCUT2D eigenvalue weighted by Crippen LogP contribution is -2.62. The highest BCUT2D eigenvalue weighted by Gasteiger charge is 2.52. The Balaban J connectivity index is 1.55. The number of aromatic nitrogens is 2. The Morgan fingerprint density at radius 1 is 1.17 bits per heavy atom. The van der Waals surface area contributed by atoms with Crippen LogP contribution in [0.25, 0.3) is 11.8 Å². The second-order valence-corrected chi connectivity index (χ2v) is 9.78. The highest BCUT2D eigenvalue weighted by atomic mass is 19.1. The van der Waals surface area contributed by atoms with E-state index in [4.69, 9.17) is 5.41 Å². The van der Waals surface area contributed by atoms with Gasteiger partial charge in [0.25, 0.3) is 5.91 Å². The summed E-state index contributed by atoms with van der Waals surface area (Å²) in [5.74, 6) is -0.274. The van der Waals surface area contributed by atoms with Gasteiger partial charge in [0.1, 0.15) is 5.82 Å². The van der Waals surface area contributed by atoms with Crippen molar-refractivity contribution in [2.24, 2.45) is 0 Å². The Hall–Kier alpha value is -3.74. The number of nitrogens with zero attached hydrogens (tertiary/aromatic N) is 4. The molecule has 0 spiro atoms. The van der Waals surface area contributed by atoms with Crippen LogP contribution in [0.15, 0.2) is 60.6 Å². The highest BCUT2D eigenvalue weighted by molar-refractivity contribution is 6.12. The minimum absolute atomic E-state index is 0.167. The Kier molecular flexibility index (Phi) is 5.58. The van der Waals surface area contributed by atoms with Crippen LogP contribution in [0.4, 0.5) is 4.39 Å². The molecule has 3 aromatic rings. The molecule has 6 nitrogen and oxygen atoms in total. The van der Waals surface area contributed by atoms with Crippen LogP contribution < -0.4 is 0 Å². The first-order chi connectivity index (χ1) is 16.7. The number of hydrogen-bond donors (Lipinski definition) is 1. The molecule has 2 aromatic carbocycles. The van der Waals surface area contributed by atoms with Gasteiger partial charge in [0, 0.05) is 24.0 Å². The van der Waals surface area contributed by atoms with Crippen LogP contribution in [0.5, 0.6) is 0 Å². The number of fused-ring (bicyclic) bond motifs is 1. The summed E-state index contributed by atoms with van der Waals surface area (Å²) >= 11 is 0. The summed E-state index contributed by atoms with van der Waals surface area (Å²) in [5, 5.41) is 8.90. The molecule has 2 atom stereocenters. The maximum atomic E-state index is 13.9. The average Bonchev–Trinajstić information content (AvgIpc) is 3.43. The van der Waals surface area contributed by atoms with Crippen molar-refractivity contribution in [2.75, 3.05) is 6.54 Å². The maximum absolute atomic E-state index is 13.9. The zero-order valence-corrected chi connectivity index (χ0v) is 20.5. The fourth-order valence-corrected chi connectivity index (χ4v) is 5.41. The lowest BCUT2D eigenvalue weighted by Gasteiger charge is -2.48. The van der Waals surface area contributed by atoms with Gasteiger partial charge in [0.15, 0.2) is 0 Å². The smallest absolute Gasteiger partial charge is 0.259 e. The number of amides is 1. The molecule has 5 rings (SSSR count). The maximum Gasteiger partial charge on any atom is 0.259 e. The van der Waals surface area contributed by atoms with E-state index in [-0.39, 0.29) is 17.7 Å². The van der Waals surface area contributed by atoms with Gasteiger partial charge in [-0.3, -0.25) is 15.1 Å². The molecular formula is C28H30FN5O. The number of rotatable bonds is 4. The van der Waals surface area contributed by atoms with Gasteiger partial charge < -0.3 is 9.47 Å². The van der Waals surface area contributed by atoms with Crippen molar-refractivity contribution in [3.8, 4) is 5.69 Å². The van der Waals surface area contributed by atoms with Crippen molar-refractivity contribution in [3.63, 3.8) is 0 Å². The summed E-state index contributed by atoms with van der Waals surface area (Å²) in [7, 11) is 0. The second kappa shape index (κ2) is 8.48. The third-order valence-electron chi connectivity index (χ3n) is 7.42. The lowest BCUT2D eigenvalue weighted by molar-refractivity contribution is -0.128. The van der Waals surface area contributed by atoms with E-state index in [1.165, 1.54) is 12.1 Å². The molecule has 180 valence electrons. The molecule has 2 aliphatic rings. The largest absolute Gasteiger partial charge is 0.333 e. The van der Waals surface area contributed by atoms with Crippen molar-refractivity contribution < 1.29 is 9.18 Å². The van der Waals surface area contributed by atoms with E-state index in [0.717, 1.165) is 47.5 Å². The Morgan fingerprint density at radius 2 is 1.91 bits per heavy atom. The molecule has 0 bridgehead atoms. The average molecular weight is 472 g/mol. The van der Waals surface area contributed by atoms with Gasteiger partial charge >= 0.3 is 0 Å². The van der Waals surface area contributed by atoms with Crippen LogP contribution in [0.1, 0.15) is 55.1 Å². The lowest BCUT2D eigenvalue weighted by atomic mass is 9.84. The monoisotopic (exact) mass is 471 g/mol. The normalized spacial score (nSPS) is 22.1. The van der Waals surface area contributed by atoms with Crippen molar-refractivity contribution in [2.45, 2.75) is 52.1 Å². The SMILES string of the molecule is Cc1cn(-c2ccc(/C=C3/C(=O)N(C(C)c4ccc(F)cc4)C(=N)N4CCCC34C)cc2C)cn1. The van der Waals surface area contributed by atoms with E-state index in [0.29, 0.717) is 5.57 Å². The molecule has 1 aromatic heterocycles. The van der Waals surface area contributed by atoms with Gasteiger partial charge in [-0.05, 0) is 87.6 Å². The number of aryl methyl sites for hydroxylation is 2. The van der Waals surface area contributed by atoms with E-state index in [2.05, 4.69) is 24.9 Å². The second-order valence-electron chi connectivity index (χ2n) is 9.78. The molecule has 0 radical (unpaired) electrons. The number of carbonyl (C=O) groups is 1. The summed E-state index contributed by atoms with van der Waals surface area (Å²) in [6.07, 6.45) is 7.51. The molecule has 1 amide bonds. The molecule has 2 unspecified atom stereocenters. The number of benzene rings is 2. The van der Waals surface area contributed by atoms with Gasteiger partial charge in [0.2, 0.25) is 5.96 Å². The quantitative estimate of drug-likeness (QED) is 0.518. The molecule has 3 heterocycles. The van der Waals surface area contributed by atoms with Crippen LogP contribution in [-0.2, 0) is 4.79 Å². The van der Waals surface area contributed by atoms with Gasteiger partial charge in [-0.2, -0.15) is 0 Å². The highest BCUT2D eigenvalue weighted by Crippen LogP contribution is 2.43. The predicted octanol–water partition coefficient (Wildman–Crippen LogP) is 5.40. The molecule has 0 aliphatic carbocycles. The standard InChI is InChI=1S/C28H30FN5O/c1-18-14-21(6-11-25(18)32-16-19(2)31-17-32)15-24-26(35)34(20(3)22-7-9-23(29)10-8-22)27(30)33-13-5-12-28(24,33)4/h6-11,14-17,20,30H,5,12-13H2,1-4H3/b24-15-,30-27?. The van der Waals surface area contributed by atoms with Crippen LogP contribution >= 0.6 is 0 Å². The Labute approximate surface area is 205 Å². The summed E-state index contributed by atoms with van der Waals surface area (Å²) in [4.78, 5) is 21.9. The summed E-state index contributed by atoms with van der Waals surface area (Å²) in [6.45, 7) is 8.70. The van der Waals surface area contributed by atoms with Crippen LogP contribution in [0, 0.1) is 25.1 Å². The van der Waals surface area contributed by atoms with Gasteiger partial charge in [-0.1, -0.05) is 18.2 Å². The minimum Gasteiger partial charge on any atom is -0.333 e. The third-order valence-corrected chi connectivity index (χ3v) is 7.42. The molecule has 7 heteroatoms. The van der Waals surface area contributed by atoms with E-state index >= 15 is 0 Å². The van der Waals surface area contributed by atoms with Crippen LogP contribution in [-0.4, -0.2) is 43.3 Å². The Morgan fingerprint density at radius 3 is 2.57 bits per heavy atom. The van der Waals surface area contributed by atoms with Gasteiger partial charge in [-0.25, -0.2) is 9.37 Å². The number of halogens is 1. The molecule has 0 saturated carbocycles. The summed E-state index contributed by atoms with van der Waals surface area (Å²) in [5.41, 5.74) is 4.98. The minimum atomic E-state index is -0.527. The number of nitrogens with one attached hydrogen (secondary N) is 1. The zero-order chi connectivity index (χ0) is 24.9. The van der Waals surface area contributed by atoms with E-state index in [1.807, 2.05) is 47.7 Å². The van der Waals surface area contributed by atoms with E-state index in [9.17, 15) is 9.18 Å². The van der Waals surface area contributed by atoms with Crippen molar-refractivity contribution in [3.05, 3.63) is 88.8 Å². The van der Waals surface area contributed by atoms with Crippen LogP contribution in [0.3, 0.4) is 0 Å². The third kappa shape index (κ3) is 3.85. The van der Waals surface area contributed by atoms with Gasteiger partial charge in [-0.15, -0.1) is 0 Å². The number of imidazole rings is 1. The predicted molar refractivity (Wildman–Crippen MR) is 135 cm³/mol. The first-order valence-corrected chi connectivity index (χ1v) is 12.0. The molecule has 2 aliphatic heterocycles. The summed E-state index contributed by atoms with van der Waals surface area (Å²) in [6, 6.07) is 11.9. The molecular weight excluding hydrogens is 441 g/mol. The van der Waals surface area contributed by atoms with Gasteiger partial charge in [0.05, 0.1) is 23.6 Å². The van der Waals surface area contributed by atoms with Crippen molar-refractivity contribution >= 4 is 17.9 Å². The fraction of sp³-hybridized carbons (Fsp3) is 0.321. The molecule has 2 saturated heterocycles. The van der Waals surface area contributed by atoms with Crippen molar-refractivity contribution in [1.82, 2.24) is 19.4 Å². The van der Waals surface area contributed by atoms with E-state index in [1.54, 1.807) is 23.4 Å².